The van der Waals surface area contributed by atoms with Crippen LogP contribution < -0.4 is 10.6 Å². The minimum atomic E-state index is -3.48. The minimum Gasteiger partial charge on any atom is -0.384 e. The highest BCUT2D eigenvalue weighted by Crippen LogP contribution is 2.63. The van der Waals surface area contributed by atoms with E-state index in [-0.39, 0.29) is 51.6 Å². The number of carbonyl (C=O) groups is 1. The Balaban J connectivity index is 1.38. The van der Waals surface area contributed by atoms with Crippen molar-refractivity contribution < 1.29 is 46.5 Å². The van der Waals surface area contributed by atoms with Gasteiger partial charge in [-0.25, -0.2) is 22.5 Å². The molecule has 58 heavy (non-hydrogen) atoms. The monoisotopic (exact) mass is 829 g/mol. The Labute approximate surface area is 333 Å². The molecule has 5 unspecified atom stereocenters. The number of amides is 1. The summed E-state index contributed by atoms with van der Waals surface area (Å²) in [5.41, 5.74) is -1.68. The molecule has 1 fully saturated rings. The number of aryl methyl sites for hydroxylation is 1. The predicted octanol–water partition coefficient (Wildman–Crippen LogP) is 6.63. The lowest BCUT2D eigenvalue weighted by Crippen LogP contribution is -2.39. The van der Waals surface area contributed by atoms with Gasteiger partial charge in [-0.2, -0.15) is 19.0 Å². The first-order valence-corrected chi connectivity index (χ1v) is 18.7. The molecular weight excluding hydrogens is 792 g/mol. The number of fused-ring (bicyclic) bond motifs is 4. The van der Waals surface area contributed by atoms with Gasteiger partial charge in [0.1, 0.15) is 46.6 Å². The lowest BCUT2D eigenvalue weighted by Gasteiger charge is -2.34. The summed E-state index contributed by atoms with van der Waals surface area (Å²) in [5.74, 6) is -2.50. The molecule has 0 radical (unpaired) electrons. The molecule has 11 nitrogen and oxygen atoms in total. The van der Waals surface area contributed by atoms with E-state index < -0.39 is 83.6 Å². The van der Waals surface area contributed by atoms with Crippen LogP contribution in [0, 0.1) is 29.4 Å². The highest BCUT2D eigenvalue weighted by atomic mass is 35.5. The molecule has 5 N–H and O–H groups in total. The molecule has 3 aromatic heterocycles. The van der Waals surface area contributed by atoms with Crippen molar-refractivity contribution in [1.29, 1.82) is 0 Å². The van der Waals surface area contributed by atoms with Crippen LogP contribution in [0.25, 0.3) is 22.0 Å². The normalized spacial score (nSPS) is 18.6. The van der Waals surface area contributed by atoms with Crippen molar-refractivity contribution in [2.45, 2.75) is 88.8 Å². The minimum absolute atomic E-state index is 0.0258. The van der Waals surface area contributed by atoms with Crippen molar-refractivity contribution in [3.63, 3.8) is 0 Å². The van der Waals surface area contributed by atoms with E-state index in [1.165, 1.54) is 37.6 Å². The van der Waals surface area contributed by atoms with E-state index in [0.717, 1.165) is 12.1 Å². The van der Waals surface area contributed by atoms with Gasteiger partial charge < -0.3 is 20.6 Å². The van der Waals surface area contributed by atoms with Gasteiger partial charge in [0.2, 0.25) is 0 Å². The number of benzene rings is 2. The van der Waals surface area contributed by atoms with Crippen molar-refractivity contribution in [1.82, 2.24) is 29.9 Å². The number of nitrogens with one attached hydrogen (secondary N) is 2. The summed E-state index contributed by atoms with van der Waals surface area (Å²) in [7, 11) is 1.57. The van der Waals surface area contributed by atoms with Crippen molar-refractivity contribution in [2.75, 3.05) is 5.32 Å². The summed E-state index contributed by atoms with van der Waals surface area (Å²) >= 11 is 6.65. The summed E-state index contributed by atoms with van der Waals surface area (Å²) < 4.78 is 91.1. The van der Waals surface area contributed by atoms with E-state index in [2.05, 4.69) is 32.7 Å². The Kier molecular flexibility index (Phi) is 10.9. The number of pyridine rings is 1. The number of anilines is 1. The smallest absolute Gasteiger partial charge is 0.293 e. The summed E-state index contributed by atoms with van der Waals surface area (Å²) in [6, 6.07) is 7.88. The molecule has 0 spiro atoms. The predicted molar refractivity (Wildman–Crippen MR) is 201 cm³/mol. The maximum absolute atomic E-state index is 15.7. The fraction of sp³-hybridized carbons (Fsp3) is 0.400. The molecule has 5 atom stereocenters. The molecule has 18 heteroatoms. The Morgan fingerprint density at radius 3 is 2.36 bits per heavy atom. The second-order valence-electron chi connectivity index (χ2n) is 15.2. The van der Waals surface area contributed by atoms with E-state index in [9.17, 15) is 37.7 Å². The molecule has 2 aliphatic rings. The third kappa shape index (κ3) is 7.79. The highest BCUT2D eigenvalue weighted by molar-refractivity contribution is 6.37. The zero-order valence-electron chi connectivity index (χ0n) is 31.5. The number of hydrogen-bond acceptors (Lipinski definition) is 8. The summed E-state index contributed by atoms with van der Waals surface area (Å²) in [6.07, 6.45) is -6.13. The third-order valence-corrected chi connectivity index (χ3v) is 10.7. The van der Waals surface area contributed by atoms with Gasteiger partial charge in [-0.1, -0.05) is 23.6 Å². The third-order valence-electron chi connectivity index (χ3n) is 10.4. The van der Waals surface area contributed by atoms with Crippen LogP contribution in [-0.2, 0) is 30.7 Å². The van der Waals surface area contributed by atoms with Crippen molar-refractivity contribution in [3.8, 4) is 23.0 Å². The molecule has 0 bridgehead atoms. The maximum atomic E-state index is 15.7. The Morgan fingerprint density at radius 2 is 1.74 bits per heavy atom. The van der Waals surface area contributed by atoms with Gasteiger partial charge in [0.15, 0.2) is 5.82 Å². The summed E-state index contributed by atoms with van der Waals surface area (Å²) in [4.78, 5) is 17.3. The molecule has 5 aromatic rings. The first-order valence-electron chi connectivity index (χ1n) is 18.3. The number of aliphatic hydroxyl groups is 3. The topological polar surface area (TPSA) is 150 Å². The molecule has 0 aliphatic heterocycles. The highest BCUT2D eigenvalue weighted by Gasteiger charge is 2.62. The lowest BCUT2D eigenvalue weighted by molar-refractivity contribution is -0.123. The number of carbonyl (C=O) groups excluding carboxylic acids is 1. The van der Waals surface area contributed by atoms with Crippen LogP contribution in [0.4, 0.5) is 32.2 Å². The zero-order chi connectivity index (χ0) is 42.0. The number of rotatable bonds is 11. The molecule has 1 amide bonds. The standard InChI is InChI=1S/C40H38ClF6N7O4/c1-18(55)38(57)50-37-31-27(41)10-8-24(34(31)53(4)52-37)23-6-5-22(11-12-39(2,3)58)48-32(23)28(15-19-13-20(42)16-21(43)14-19)49-29(56)17-54-35-30(33(51-54)36(44)45)25-7-9-26(25)40(35,46)47/h5-6,8,10,13-14,16,18,25-26,28-29,36,49,55-56,58H,7,9,15,17H2,1-4H3,(H,50,52,57). The van der Waals surface area contributed by atoms with E-state index in [1.54, 1.807) is 19.2 Å². The number of aliphatic hydroxyl groups excluding tert-OH is 2. The van der Waals surface area contributed by atoms with Gasteiger partial charge in [0, 0.05) is 35.7 Å². The van der Waals surface area contributed by atoms with Gasteiger partial charge in [-0.15, -0.1) is 0 Å². The molecule has 1 saturated carbocycles. The first-order chi connectivity index (χ1) is 27.2. The average Bonchev–Trinajstić information content (AvgIpc) is 3.68. The van der Waals surface area contributed by atoms with Gasteiger partial charge in [-0.05, 0) is 87.8 Å². The summed E-state index contributed by atoms with van der Waals surface area (Å²) in [6.45, 7) is 3.46. The quantitative estimate of drug-likeness (QED) is 0.0566. The van der Waals surface area contributed by atoms with Crippen LogP contribution in [0.1, 0.15) is 85.9 Å². The second kappa shape index (κ2) is 15.3. The second-order valence-corrected chi connectivity index (χ2v) is 15.6. The van der Waals surface area contributed by atoms with Crippen molar-refractivity contribution in [2.24, 2.45) is 13.0 Å². The van der Waals surface area contributed by atoms with Gasteiger partial charge in [0.25, 0.3) is 18.3 Å². The Hall–Kier alpha value is -4.99. The number of nitrogens with zero attached hydrogens (tertiary/aromatic N) is 5. The molecule has 2 aromatic carbocycles. The fourth-order valence-corrected chi connectivity index (χ4v) is 8.01. The van der Waals surface area contributed by atoms with Gasteiger partial charge in [0.05, 0.1) is 34.2 Å². The number of aromatic nitrogens is 5. The molecule has 7 rings (SSSR count). The van der Waals surface area contributed by atoms with Crippen LogP contribution in [0.5, 0.6) is 0 Å². The Morgan fingerprint density at radius 1 is 1.05 bits per heavy atom. The van der Waals surface area contributed by atoms with E-state index in [4.69, 9.17) is 16.6 Å². The maximum Gasteiger partial charge on any atom is 0.293 e. The van der Waals surface area contributed by atoms with Crippen molar-refractivity contribution >= 4 is 34.2 Å². The molecule has 2 aliphatic carbocycles. The first kappa shape index (κ1) is 41.2. The van der Waals surface area contributed by atoms with Gasteiger partial charge >= 0.3 is 0 Å². The SMILES string of the molecule is CC(O)C(=O)Nc1nn(C)c2c(-c3ccc(C#CC(C)(C)O)nc3C(Cc3cc(F)cc(F)c3)NC(O)Cn3nc(C(F)F)c4c3C(F)(F)C3CCC43)ccc(Cl)c12. The van der Waals surface area contributed by atoms with E-state index >= 15 is 8.78 Å². The Bertz CT molecular complexity index is 2470. The van der Waals surface area contributed by atoms with Crippen LogP contribution >= 0.6 is 11.6 Å². The van der Waals surface area contributed by atoms with Gasteiger partial charge in [-0.3, -0.25) is 19.5 Å². The summed E-state index contributed by atoms with van der Waals surface area (Å²) in [5, 5.41) is 46.0. The van der Waals surface area contributed by atoms with Crippen molar-refractivity contribution in [3.05, 3.63) is 93.0 Å². The van der Waals surface area contributed by atoms with E-state index in [0.29, 0.717) is 33.8 Å². The van der Waals surface area contributed by atoms with Crippen LogP contribution in [0.15, 0.2) is 42.5 Å². The van der Waals surface area contributed by atoms with E-state index in [1.807, 2.05) is 0 Å². The number of hydrogen-bond donors (Lipinski definition) is 5. The molecule has 306 valence electrons. The molecular formula is C40H38ClF6N7O4. The number of alkyl halides is 4. The molecule has 3 heterocycles. The zero-order valence-corrected chi connectivity index (χ0v) is 32.2. The van der Waals surface area contributed by atoms with Crippen LogP contribution in [0.2, 0.25) is 5.02 Å². The largest absolute Gasteiger partial charge is 0.384 e. The lowest BCUT2D eigenvalue weighted by atomic mass is 9.73. The fourth-order valence-electron chi connectivity index (χ4n) is 7.77. The average molecular weight is 830 g/mol. The van der Waals surface area contributed by atoms with Crippen LogP contribution in [-0.4, -0.2) is 63.7 Å². The number of halogens is 7. The van der Waals surface area contributed by atoms with Crippen LogP contribution in [0.3, 0.4) is 0 Å². The molecule has 0 saturated heterocycles.